The maximum absolute atomic E-state index is 12.6. The van der Waals surface area contributed by atoms with E-state index in [2.05, 4.69) is 34.3 Å². The molecule has 0 spiro atoms. The molecule has 1 N–H and O–H groups in total. The molecule has 0 radical (unpaired) electrons. The minimum atomic E-state index is -0.168. The van der Waals surface area contributed by atoms with Gasteiger partial charge >= 0.3 is 0 Å². The summed E-state index contributed by atoms with van der Waals surface area (Å²) in [5.74, 6) is 0.344. The zero-order chi connectivity index (χ0) is 17.3. The van der Waals surface area contributed by atoms with Gasteiger partial charge in [0, 0.05) is 29.4 Å². The fourth-order valence-electron chi connectivity index (χ4n) is 2.51. The Morgan fingerprint density at radius 1 is 1.33 bits per heavy atom. The van der Waals surface area contributed by atoms with E-state index in [0.717, 1.165) is 27.9 Å². The lowest BCUT2D eigenvalue weighted by Crippen LogP contribution is -2.13. The van der Waals surface area contributed by atoms with E-state index in [9.17, 15) is 4.79 Å². The summed E-state index contributed by atoms with van der Waals surface area (Å²) in [6, 6.07) is 1.88. The average Bonchev–Trinajstić information content (AvgIpc) is 3.20. The molecule has 0 fully saturated rings. The lowest BCUT2D eigenvalue weighted by Gasteiger charge is -2.05. The molecule has 24 heavy (non-hydrogen) atoms. The van der Waals surface area contributed by atoms with Crippen molar-refractivity contribution in [2.24, 2.45) is 5.92 Å². The van der Waals surface area contributed by atoms with Crippen LogP contribution < -0.4 is 5.32 Å². The van der Waals surface area contributed by atoms with Gasteiger partial charge in [-0.3, -0.25) is 14.7 Å². The van der Waals surface area contributed by atoms with E-state index in [1.54, 1.807) is 17.5 Å². The third-order valence-electron chi connectivity index (χ3n) is 3.56. The van der Waals surface area contributed by atoms with Crippen LogP contribution in [0.4, 0.5) is 5.13 Å². The fraction of sp³-hybridized carbons (Fsp3) is 0.375. The van der Waals surface area contributed by atoms with Gasteiger partial charge in [0.15, 0.2) is 5.13 Å². The second-order valence-corrected chi connectivity index (χ2v) is 7.92. The van der Waals surface area contributed by atoms with Gasteiger partial charge in [0.1, 0.15) is 5.01 Å². The van der Waals surface area contributed by atoms with E-state index < -0.39 is 0 Å². The van der Waals surface area contributed by atoms with Crippen molar-refractivity contribution in [3.8, 4) is 5.13 Å². The topological polar surface area (TPSA) is 72.7 Å². The minimum Gasteiger partial charge on any atom is -0.296 e. The molecule has 3 heterocycles. The second-order valence-electron chi connectivity index (χ2n) is 5.99. The first-order chi connectivity index (χ1) is 11.5. The SMILES string of the molecule is Cc1cc(C(=O)Nc2nnc(CC(C)C)s2)c(C)n1-c1nccs1. The molecule has 3 aromatic heterocycles. The maximum atomic E-state index is 12.6. The van der Waals surface area contributed by atoms with E-state index in [4.69, 9.17) is 0 Å². The molecule has 3 aromatic rings. The third-order valence-corrected chi connectivity index (χ3v) is 5.17. The first-order valence-corrected chi connectivity index (χ1v) is 9.38. The molecule has 8 heteroatoms. The number of anilines is 1. The van der Waals surface area contributed by atoms with Gasteiger partial charge in [0.2, 0.25) is 5.13 Å². The number of hydrogen-bond acceptors (Lipinski definition) is 6. The van der Waals surface area contributed by atoms with Crippen LogP contribution in [-0.2, 0) is 6.42 Å². The van der Waals surface area contributed by atoms with E-state index in [1.807, 2.05) is 29.9 Å². The van der Waals surface area contributed by atoms with Crippen LogP contribution in [0.5, 0.6) is 0 Å². The lowest BCUT2D eigenvalue weighted by molar-refractivity contribution is 0.102. The summed E-state index contributed by atoms with van der Waals surface area (Å²) in [5.41, 5.74) is 2.47. The van der Waals surface area contributed by atoms with Crippen LogP contribution in [0.3, 0.4) is 0 Å². The van der Waals surface area contributed by atoms with Crippen molar-refractivity contribution < 1.29 is 4.79 Å². The maximum Gasteiger partial charge on any atom is 0.259 e. The number of carbonyl (C=O) groups is 1. The van der Waals surface area contributed by atoms with Crippen LogP contribution in [0, 0.1) is 19.8 Å². The summed E-state index contributed by atoms with van der Waals surface area (Å²) in [4.78, 5) is 16.9. The number of aryl methyl sites for hydroxylation is 1. The largest absolute Gasteiger partial charge is 0.296 e. The summed E-state index contributed by atoms with van der Waals surface area (Å²) in [5, 5.41) is 15.3. The van der Waals surface area contributed by atoms with Gasteiger partial charge < -0.3 is 0 Å². The van der Waals surface area contributed by atoms with E-state index in [0.29, 0.717) is 16.6 Å². The highest BCUT2D eigenvalue weighted by molar-refractivity contribution is 7.15. The Balaban J connectivity index is 1.81. The first-order valence-electron chi connectivity index (χ1n) is 7.68. The number of carbonyl (C=O) groups excluding carboxylic acids is 1. The minimum absolute atomic E-state index is 0.168. The Labute approximate surface area is 148 Å². The van der Waals surface area contributed by atoms with Crippen LogP contribution in [0.15, 0.2) is 17.6 Å². The van der Waals surface area contributed by atoms with E-state index in [-0.39, 0.29) is 5.91 Å². The van der Waals surface area contributed by atoms with Crippen LogP contribution >= 0.6 is 22.7 Å². The number of hydrogen-bond donors (Lipinski definition) is 1. The summed E-state index contributed by atoms with van der Waals surface area (Å²) >= 11 is 2.97. The summed E-state index contributed by atoms with van der Waals surface area (Å²) in [6.07, 6.45) is 2.63. The molecule has 0 saturated carbocycles. The number of thiazole rings is 1. The summed E-state index contributed by atoms with van der Waals surface area (Å²) < 4.78 is 1.99. The number of amides is 1. The van der Waals surface area contributed by atoms with E-state index in [1.165, 1.54) is 11.3 Å². The fourth-order valence-corrected chi connectivity index (χ4v) is 4.21. The van der Waals surface area contributed by atoms with Crippen molar-refractivity contribution in [1.82, 2.24) is 19.7 Å². The molecule has 0 bridgehead atoms. The molecule has 3 rings (SSSR count). The normalized spacial score (nSPS) is 11.2. The van der Waals surface area contributed by atoms with Gasteiger partial charge in [0.05, 0.1) is 5.56 Å². The van der Waals surface area contributed by atoms with Crippen molar-refractivity contribution in [3.05, 3.63) is 39.6 Å². The molecule has 0 unspecified atom stereocenters. The van der Waals surface area contributed by atoms with Gasteiger partial charge in [0.25, 0.3) is 5.91 Å². The molecule has 1 amide bonds. The van der Waals surface area contributed by atoms with Gasteiger partial charge in [-0.15, -0.1) is 21.5 Å². The summed E-state index contributed by atoms with van der Waals surface area (Å²) in [6.45, 7) is 8.16. The highest BCUT2D eigenvalue weighted by Gasteiger charge is 2.19. The lowest BCUT2D eigenvalue weighted by atomic mass is 10.1. The Bertz CT molecular complexity index is 848. The first kappa shape index (κ1) is 16.8. The molecule has 126 valence electrons. The monoisotopic (exact) mass is 361 g/mol. The van der Waals surface area contributed by atoms with Crippen molar-refractivity contribution >= 4 is 33.7 Å². The Morgan fingerprint density at radius 2 is 2.12 bits per heavy atom. The highest BCUT2D eigenvalue weighted by Crippen LogP contribution is 2.24. The molecule has 0 aromatic carbocycles. The summed E-state index contributed by atoms with van der Waals surface area (Å²) in [7, 11) is 0. The van der Waals surface area contributed by atoms with Crippen LogP contribution in [-0.4, -0.2) is 25.7 Å². The van der Waals surface area contributed by atoms with E-state index >= 15 is 0 Å². The quantitative estimate of drug-likeness (QED) is 0.749. The predicted octanol–water partition coefficient (Wildman–Crippen LogP) is 3.85. The Kier molecular flexibility index (Phi) is 4.77. The smallest absolute Gasteiger partial charge is 0.259 e. The van der Waals surface area contributed by atoms with Crippen molar-refractivity contribution in [3.63, 3.8) is 0 Å². The number of rotatable bonds is 5. The number of nitrogens with zero attached hydrogens (tertiary/aromatic N) is 4. The Morgan fingerprint density at radius 3 is 2.79 bits per heavy atom. The van der Waals surface area contributed by atoms with Gasteiger partial charge in [-0.1, -0.05) is 25.2 Å². The zero-order valence-electron chi connectivity index (χ0n) is 14.0. The molecule has 0 aliphatic heterocycles. The van der Waals surface area contributed by atoms with Crippen LogP contribution in [0.25, 0.3) is 5.13 Å². The highest BCUT2D eigenvalue weighted by atomic mass is 32.1. The molecular weight excluding hydrogens is 342 g/mol. The number of nitrogens with one attached hydrogen (secondary N) is 1. The molecule has 0 atom stereocenters. The second kappa shape index (κ2) is 6.82. The number of aromatic nitrogens is 4. The van der Waals surface area contributed by atoms with Gasteiger partial charge in [-0.05, 0) is 25.8 Å². The van der Waals surface area contributed by atoms with Gasteiger partial charge in [-0.2, -0.15) is 0 Å². The van der Waals surface area contributed by atoms with Crippen molar-refractivity contribution in [2.45, 2.75) is 34.1 Å². The standard InChI is InChI=1S/C16H19N5OS2/c1-9(2)7-13-19-20-15(24-13)18-14(22)12-8-10(3)21(11(12)4)16-17-5-6-23-16/h5-6,8-9H,7H2,1-4H3,(H,18,20,22). The molecule has 0 aliphatic rings. The average molecular weight is 361 g/mol. The van der Waals surface area contributed by atoms with Gasteiger partial charge in [-0.25, -0.2) is 4.98 Å². The van der Waals surface area contributed by atoms with Crippen molar-refractivity contribution in [1.29, 1.82) is 0 Å². The molecule has 0 aliphatic carbocycles. The van der Waals surface area contributed by atoms with Crippen LogP contribution in [0.2, 0.25) is 0 Å². The van der Waals surface area contributed by atoms with Crippen molar-refractivity contribution in [2.75, 3.05) is 5.32 Å². The molecule has 6 nitrogen and oxygen atoms in total. The molecular formula is C16H19N5OS2. The van der Waals surface area contributed by atoms with Crippen LogP contribution in [0.1, 0.15) is 40.6 Å². The Hall–Kier alpha value is -2.06. The predicted molar refractivity (Wildman–Crippen MR) is 97.3 cm³/mol. The molecule has 0 saturated heterocycles. The third kappa shape index (κ3) is 3.39. The zero-order valence-corrected chi connectivity index (χ0v) is 15.7.